The van der Waals surface area contributed by atoms with E-state index in [9.17, 15) is 4.79 Å². The molecule has 134 valence electrons. The Morgan fingerprint density at radius 1 is 1.28 bits per heavy atom. The molecule has 0 aliphatic heterocycles. The summed E-state index contributed by atoms with van der Waals surface area (Å²) in [5, 5.41) is 5.23. The highest BCUT2D eigenvalue weighted by Crippen LogP contribution is 2.27. The number of carbonyl (C=O) groups is 1. The second kappa shape index (κ2) is 8.56. The van der Waals surface area contributed by atoms with Crippen LogP contribution in [0.4, 0.5) is 0 Å². The first-order valence-corrected chi connectivity index (χ1v) is 10.1. The second-order valence-corrected chi connectivity index (χ2v) is 7.52. The molecule has 1 N–H and O–H groups in total. The molecule has 1 fully saturated rings. The number of hydrogen-bond acceptors (Lipinski definition) is 4. The summed E-state index contributed by atoms with van der Waals surface area (Å²) in [5.74, 6) is 1.34. The van der Waals surface area contributed by atoms with Gasteiger partial charge in [-0.3, -0.25) is 4.79 Å². The fourth-order valence-electron chi connectivity index (χ4n) is 3.33. The molecule has 0 radical (unpaired) electrons. The summed E-state index contributed by atoms with van der Waals surface area (Å²) in [5.41, 5.74) is 2.10. The Labute approximate surface area is 153 Å². The second-order valence-electron chi connectivity index (χ2n) is 6.56. The first-order chi connectivity index (χ1) is 12.2. The number of pyridine rings is 1. The Balaban J connectivity index is 1.69. The van der Waals surface area contributed by atoms with E-state index in [0.717, 1.165) is 40.9 Å². The van der Waals surface area contributed by atoms with Crippen LogP contribution in [0.1, 0.15) is 44.6 Å². The minimum atomic E-state index is 0.117. The summed E-state index contributed by atoms with van der Waals surface area (Å²) < 4.78 is 5.29. The van der Waals surface area contributed by atoms with Crippen molar-refractivity contribution in [1.29, 1.82) is 0 Å². The highest BCUT2D eigenvalue weighted by molar-refractivity contribution is 7.99. The summed E-state index contributed by atoms with van der Waals surface area (Å²) in [4.78, 5) is 17.0. The van der Waals surface area contributed by atoms with Crippen molar-refractivity contribution >= 4 is 28.6 Å². The van der Waals surface area contributed by atoms with Crippen LogP contribution in [0.2, 0.25) is 0 Å². The van der Waals surface area contributed by atoms with Gasteiger partial charge in [0.15, 0.2) is 0 Å². The third-order valence-corrected chi connectivity index (χ3v) is 5.79. The number of nitrogens with zero attached hydrogens (tertiary/aromatic N) is 1. The van der Waals surface area contributed by atoms with Crippen LogP contribution >= 0.6 is 11.8 Å². The number of rotatable bonds is 6. The summed E-state index contributed by atoms with van der Waals surface area (Å²) in [7, 11) is 1.66. The molecule has 1 aromatic carbocycles. The molecule has 4 nitrogen and oxygen atoms in total. The van der Waals surface area contributed by atoms with Gasteiger partial charge >= 0.3 is 0 Å². The SMILES string of the molecule is CCc1cc2ccc(OC)cc2nc1SCC(=O)NC1CCCCC1. The van der Waals surface area contributed by atoms with Crippen molar-refractivity contribution in [2.24, 2.45) is 0 Å². The average Bonchev–Trinajstić information content (AvgIpc) is 2.65. The third kappa shape index (κ3) is 4.66. The van der Waals surface area contributed by atoms with Gasteiger partial charge in [-0.2, -0.15) is 0 Å². The summed E-state index contributed by atoms with van der Waals surface area (Å²) in [6.07, 6.45) is 6.89. The van der Waals surface area contributed by atoms with Gasteiger partial charge in [0, 0.05) is 17.5 Å². The van der Waals surface area contributed by atoms with E-state index in [2.05, 4.69) is 18.3 Å². The van der Waals surface area contributed by atoms with Gasteiger partial charge in [0.1, 0.15) is 10.8 Å². The predicted octanol–water partition coefficient (Wildman–Crippen LogP) is 4.35. The minimum Gasteiger partial charge on any atom is -0.497 e. The standard InChI is InChI=1S/C20H26N2O2S/c1-3-14-11-15-9-10-17(24-2)12-18(15)22-20(14)25-13-19(23)21-16-7-5-4-6-8-16/h9-12,16H,3-8,13H2,1-2H3,(H,21,23). The fraction of sp³-hybridized carbons (Fsp3) is 0.500. The number of benzene rings is 1. The maximum Gasteiger partial charge on any atom is 0.230 e. The van der Waals surface area contributed by atoms with Crippen LogP contribution < -0.4 is 10.1 Å². The monoisotopic (exact) mass is 358 g/mol. The van der Waals surface area contributed by atoms with Gasteiger partial charge in [-0.1, -0.05) is 37.9 Å². The number of ether oxygens (including phenoxy) is 1. The largest absolute Gasteiger partial charge is 0.497 e. The van der Waals surface area contributed by atoms with E-state index in [4.69, 9.17) is 9.72 Å². The first-order valence-electron chi connectivity index (χ1n) is 9.09. The zero-order valence-electron chi connectivity index (χ0n) is 15.0. The lowest BCUT2D eigenvalue weighted by Gasteiger charge is -2.22. The smallest absolute Gasteiger partial charge is 0.230 e. The van der Waals surface area contributed by atoms with Crippen LogP contribution in [-0.4, -0.2) is 29.8 Å². The number of thioether (sulfide) groups is 1. The molecule has 1 aromatic heterocycles. The lowest BCUT2D eigenvalue weighted by Crippen LogP contribution is -2.37. The van der Waals surface area contributed by atoms with E-state index < -0.39 is 0 Å². The molecule has 2 aromatic rings. The molecule has 1 amide bonds. The fourth-order valence-corrected chi connectivity index (χ4v) is 4.23. The van der Waals surface area contributed by atoms with E-state index in [1.54, 1.807) is 7.11 Å². The van der Waals surface area contributed by atoms with Crippen molar-refractivity contribution in [2.45, 2.75) is 56.5 Å². The molecule has 25 heavy (non-hydrogen) atoms. The van der Waals surface area contributed by atoms with Crippen LogP contribution in [0.3, 0.4) is 0 Å². The van der Waals surface area contributed by atoms with E-state index in [1.165, 1.54) is 36.6 Å². The molecular weight excluding hydrogens is 332 g/mol. The quantitative estimate of drug-likeness (QED) is 0.780. The molecule has 1 aliphatic rings. The average molecular weight is 359 g/mol. The summed E-state index contributed by atoms with van der Waals surface area (Å²) >= 11 is 1.53. The Morgan fingerprint density at radius 3 is 2.80 bits per heavy atom. The number of methoxy groups -OCH3 is 1. The van der Waals surface area contributed by atoms with Crippen LogP contribution in [0, 0.1) is 0 Å². The number of aromatic nitrogens is 1. The van der Waals surface area contributed by atoms with E-state index in [-0.39, 0.29) is 5.91 Å². The van der Waals surface area contributed by atoms with Gasteiger partial charge in [0.2, 0.25) is 5.91 Å². The van der Waals surface area contributed by atoms with Crippen molar-refractivity contribution < 1.29 is 9.53 Å². The molecule has 0 saturated heterocycles. The van der Waals surface area contributed by atoms with Gasteiger partial charge in [-0.25, -0.2) is 4.98 Å². The molecule has 5 heteroatoms. The summed E-state index contributed by atoms with van der Waals surface area (Å²) in [6, 6.07) is 8.46. The van der Waals surface area contributed by atoms with Crippen molar-refractivity contribution in [1.82, 2.24) is 10.3 Å². The Hall–Kier alpha value is -1.75. The molecule has 0 atom stereocenters. The van der Waals surface area contributed by atoms with Gasteiger partial charge in [0.25, 0.3) is 0 Å². The lowest BCUT2D eigenvalue weighted by molar-refractivity contribution is -0.119. The van der Waals surface area contributed by atoms with Crippen molar-refractivity contribution in [3.63, 3.8) is 0 Å². The van der Waals surface area contributed by atoms with Gasteiger partial charge in [-0.05, 0) is 43.0 Å². The van der Waals surface area contributed by atoms with E-state index >= 15 is 0 Å². The minimum absolute atomic E-state index is 0.117. The van der Waals surface area contributed by atoms with Gasteiger partial charge < -0.3 is 10.1 Å². The molecule has 1 saturated carbocycles. The Kier molecular flexibility index (Phi) is 6.19. The topological polar surface area (TPSA) is 51.2 Å². The lowest BCUT2D eigenvalue weighted by atomic mass is 9.95. The maximum absolute atomic E-state index is 12.3. The Morgan fingerprint density at radius 2 is 2.08 bits per heavy atom. The normalized spacial score (nSPS) is 15.3. The highest BCUT2D eigenvalue weighted by atomic mass is 32.2. The van der Waals surface area contributed by atoms with Crippen molar-refractivity contribution in [3.8, 4) is 5.75 Å². The number of hydrogen-bond donors (Lipinski definition) is 1. The molecule has 0 spiro atoms. The molecule has 0 bridgehead atoms. The zero-order valence-corrected chi connectivity index (χ0v) is 15.8. The van der Waals surface area contributed by atoms with Gasteiger partial charge in [0.05, 0.1) is 18.4 Å². The highest BCUT2D eigenvalue weighted by Gasteiger charge is 2.16. The number of aryl methyl sites for hydroxylation is 1. The number of carbonyl (C=O) groups excluding carboxylic acids is 1. The summed E-state index contributed by atoms with van der Waals surface area (Å²) in [6.45, 7) is 2.12. The zero-order chi connectivity index (χ0) is 17.6. The molecule has 1 aliphatic carbocycles. The van der Waals surface area contributed by atoms with Gasteiger partial charge in [-0.15, -0.1) is 0 Å². The molecular formula is C20H26N2O2S. The maximum atomic E-state index is 12.3. The molecule has 3 rings (SSSR count). The molecule has 1 heterocycles. The van der Waals surface area contributed by atoms with Crippen LogP contribution in [-0.2, 0) is 11.2 Å². The first kappa shape index (κ1) is 18.1. The van der Waals surface area contributed by atoms with E-state index in [1.807, 2.05) is 18.2 Å². The van der Waals surface area contributed by atoms with Crippen molar-refractivity contribution in [3.05, 3.63) is 29.8 Å². The van der Waals surface area contributed by atoms with Crippen molar-refractivity contribution in [2.75, 3.05) is 12.9 Å². The Bertz CT molecular complexity index is 742. The number of fused-ring (bicyclic) bond motifs is 1. The van der Waals surface area contributed by atoms with Crippen LogP contribution in [0.25, 0.3) is 10.9 Å². The predicted molar refractivity (Wildman–Crippen MR) is 103 cm³/mol. The molecule has 0 unspecified atom stereocenters. The van der Waals surface area contributed by atoms with Crippen LogP contribution in [0.15, 0.2) is 29.3 Å². The van der Waals surface area contributed by atoms with E-state index in [0.29, 0.717) is 11.8 Å². The van der Waals surface area contributed by atoms with Crippen LogP contribution in [0.5, 0.6) is 5.75 Å². The number of amides is 1. The number of nitrogens with one attached hydrogen (secondary N) is 1. The third-order valence-electron chi connectivity index (χ3n) is 4.76.